The first-order chi connectivity index (χ1) is 9.49. The zero-order valence-electron chi connectivity index (χ0n) is 10.6. The summed E-state index contributed by atoms with van der Waals surface area (Å²) < 4.78 is 5.95. The number of benzene rings is 2. The lowest BCUT2D eigenvalue weighted by atomic mass is 10.2. The summed E-state index contributed by atoms with van der Waals surface area (Å²) in [7, 11) is 1.56. The van der Waals surface area contributed by atoms with Crippen LogP contribution in [0.1, 0.15) is 10.4 Å². The van der Waals surface area contributed by atoms with Gasteiger partial charge in [0.1, 0.15) is 5.75 Å². The smallest absolute Gasteiger partial charge is 0.255 e. The molecule has 6 heteroatoms. The Morgan fingerprint density at radius 1 is 1.30 bits per heavy atom. The Bertz CT molecular complexity index is 662. The number of nitrogens with two attached hydrogens (primary N) is 1. The van der Waals surface area contributed by atoms with E-state index in [-0.39, 0.29) is 5.91 Å². The molecule has 0 heterocycles. The van der Waals surface area contributed by atoms with Gasteiger partial charge in [0.25, 0.3) is 5.91 Å². The fraction of sp³-hybridized carbons (Fsp3) is 0.0714. The molecule has 0 aromatic heterocycles. The van der Waals surface area contributed by atoms with E-state index in [2.05, 4.69) is 21.2 Å². The summed E-state index contributed by atoms with van der Waals surface area (Å²) in [6.45, 7) is 0. The zero-order chi connectivity index (χ0) is 14.7. The fourth-order valence-corrected chi connectivity index (χ4v) is 2.23. The van der Waals surface area contributed by atoms with Crippen molar-refractivity contribution in [2.24, 2.45) is 0 Å². The maximum Gasteiger partial charge on any atom is 0.255 e. The molecule has 104 valence electrons. The monoisotopic (exact) mass is 354 g/mol. The lowest BCUT2D eigenvalue weighted by Gasteiger charge is -2.09. The van der Waals surface area contributed by atoms with Gasteiger partial charge in [-0.1, -0.05) is 27.5 Å². The molecule has 0 saturated carbocycles. The van der Waals surface area contributed by atoms with Crippen molar-refractivity contribution in [2.45, 2.75) is 0 Å². The number of methoxy groups -OCH3 is 1. The summed E-state index contributed by atoms with van der Waals surface area (Å²) >= 11 is 9.18. The van der Waals surface area contributed by atoms with Crippen molar-refractivity contribution < 1.29 is 9.53 Å². The molecule has 4 nitrogen and oxygen atoms in total. The molecule has 0 radical (unpaired) electrons. The molecule has 2 aromatic carbocycles. The summed E-state index contributed by atoms with van der Waals surface area (Å²) in [5, 5.41) is 3.19. The molecule has 0 unspecified atom stereocenters. The number of hydrogen-bond acceptors (Lipinski definition) is 3. The highest BCUT2D eigenvalue weighted by molar-refractivity contribution is 9.10. The quantitative estimate of drug-likeness (QED) is 0.820. The van der Waals surface area contributed by atoms with Crippen molar-refractivity contribution in [3.05, 3.63) is 51.5 Å². The molecule has 20 heavy (non-hydrogen) atoms. The standard InChI is InChI=1S/C14H12BrClN2O2/c1-20-11-6-9(15)5-10(7-11)18-14(19)8-2-3-12(16)13(17)4-8/h2-7H,17H2,1H3,(H,18,19). The number of ether oxygens (including phenoxy) is 1. The van der Waals surface area contributed by atoms with Gasteiger partial charge in [0.15, 0.2) is 0 Å². The van der Waals surface area contributed by atoms with Crippen LogP contribution >= 0.6 is 27.5 Å². The van der Waals surface area contributed by atoms with E-state index < -0.39 is 0 Å². The largest absolute Gasteiger partial charge is 0.497 e. The molecule has 0 saturated heterocycles. The van der Waals surface area contributed by atoms with Gasteiger partial charge in [-0.05, 0) is 30.3 Å². The van der Waals surface area contributed by atoms with Crippen molar-refractivity contribution in [1.29, 1.82) is 0 Å². The minimum absolute atomic E-state index is 0.270. The first-order valence-corrected chi connectivity index (χ1v) is 6.87. The second kappa shape index (κ2) is 6.15. The van der Waals surface area contributed by atoms with Gasteiger partial charge >= 0.3 is 0 Å². The van der Waals surface area contributed by atoms with E-state index >= 15 is 0 Å². The molecule has 0 atom stereocenters. The van der Waals surface area contributed by atoms with Gasteiger partial charge in [0, 0.05) is 21.8 Å². The Balaban J connectivity index is 2.23. The first kappa shape index (κ1) is 14.7. The van der Waals surface area contributed by atoms with Crippen LogP contribution in [0.25, 0.3) is 0 Å². The normalized spacial score (nSPS) is 10.2. The molecule has 1 amide bonds. The van der Waals surface area contributed by atoms with Crippen molar-refractivity contribution in [3.63, 3.8) is 0 Å². The number of hydrogen-bond donors (Lipinski definition) is 2. The predicted octanol–water partition coefficient (Wildman–Crippen LogP) is 3.95. The number of rotatable bonds is 3. The van der Waals surface area contributed by atoms with E-state index in [0.717, 1.165) is 4.47 Å². The second-order valence-corrected chi connectivity index (χ2v) is 5.39. The molecule has 0 spiro atoms. The van der Waals surface area contributed by atoms with E-state index in [1.807, 2.05) is 0 Å². The van der Waals surface area contributed by atoms with Crippen LogP contribution in [0.5, 0.6) is 5.75 Å². The maximum atomic E-state index is 12.1. The van der Waals surface area contributed by atoms with Gasteiger partial charge < -0.3 is 15.8 Å². The van der Waals surface area contributed by atoms with Gasteiger partial charge in [-0.3, -0.25) is 4.79 Å². The van der Waals surface area contributed by atoms with Crippen molar-refractivity contribution >= 4 is 44.8 Å². The Kier molecular flexibility index (Phi) is 4.52. The van der Waals surface area contributed by atoms with Gasteiger partial charge in [0.2, 0.25) is 0 Å². The van der Waals surface area contributed by atoms with Gasteiger partial charge in [-0.2, -0.15) is 0 Å². The van der Waals surface area contributed by atoms with Crippen LogP contribution in [0.15, 0.2) is 40.9 Å². The average Bonchev–Trinajstić information content (AvgIpc) is 2.41. The van der Waals surface area contributed by atoms with Crippen molar-refractivity contribution in [3.8, 4) is 5.75 Å². The first-order valence-electron chi connectivity index (χ1n) is 5.70. The summed E-state index contributed by atoms with van der Waals surface area (Å²) in [6, 6.07) is 10.0. The van der Waals surface area contributed by atoms with Crippen LogP contribution in [0.4, 0.5) is 11.4 Å². The molecule has 3 N–H and O–H groups in total. The number of carbonyl (C=O) groups is 1. The Morgan fingerprint density at radius 3 is 2.70 bits per heavy atom. The second-order valence-electron chi connectivity index (χ2n) is 4.07. The van der Waals surface area contributed by atoms with Crippen LogP contribution < -0.4 is 15.8 Å². The van der Waals surface area contributed by atoms with E-state index in [1.165, 1.54) is 6.07 Å². The molecular weight excluding hydrogens is 344 g/mol. The molecular formula is C14H12BrClN2O2. The number of amides is 1. The highest BCUT2D eigenvalue weighted by Gasteiger charge is 2.09. The van der Waals surface area contributed by atoms with Crippen LogP contribution in [0.3, 0.4) is 0 Å². The Labute approximate surface area is 130 Å². The van der Waals surface area contributed by atoms with Crippen LogP contribution in [-0.2, 0) is 0 Å². The summed E-state index contributed by atoms with van der Waals surface area (Å²) in [5.74, 6) is 0.374. The SMILES string of the molecule is COc1cc(Br)cc(NC(=O)c2ccc(Cl)c(N)c2)c1. The molecule has 0 aliphatic rings. The van der Waals surface area contributed by atoms with E-state index in [9.17, 15) is 4.79 Å². The molecule has 0 aliphatic heterocycles. The minimum atomic E-state index is -0.270. The van der Waals surface area contributed by atoms with Gasteiger partial charge in [0.05, 0.1) is 17.8 Å². The fourth-order valence-electron chi connectivity index (χ4n) is 1.64. The summed E-state index contributed by atoms with van der Waals surface area (Å²) in [6.07, 6.45) is 0. The van der Waals surface area contributed by atoms with Crippen LogP contribution in [0, 0.1) is 0 Å². The summed E-state index contributed by atoms with van der Waals surface area (Å²) in [5.41, 5.74) is 7.11. The topological polar surface area (TPSA) is 64.3 Å². The zero-order valence-corrected chi connectivity index (χ0v) is 13.0. The third-order valence-electron chi connectivity index (χ3n) is 2.62. The van der Waals surface area contributed by atoms with E-state index in [1.54, 1.807) is 37.4 Å². The highest BCUT2D eigenvalue weighted by Crippen LogP contribution is 2.25. The predicted molar refractivity (Wildman–Crippen MR) is 84.5 cm³/mol. The minimum Gasteiger partial charge on any atom is -0.497 e. The lowest BCUT2D eigenvalue weighted by molar-refractivity contribution is 0.102. The Morgan fingerprint density at radius 2 is 2.05 bits per heavy atom. The molecule has 0 aliphatic carbocycles. The molecule has 2 rings (SSSR count). The number of nitrogens with one attached hydrogen (secondary N) is 1. The number of carbonyl (C=O) groups excluding carboxylic acids is 1. The Hall–Kier alpha value is -1.72. The number of halogens is 2. The molecule has 2 aromatic rings. The number of anilines is 2. The summed E-state index contributed by atoms with van der Waals surface area (Å²) in [4.78, 5) is 12.1. The van der Waals surface area contributed by atoms with Crippen LogP contribution in [0.2, 0.25) is 5.02 Å². The third-order valence-corrected chi connectivity index (χ3v) is 3.43. The maximum absolute atomic E-state index is 12.1. The van der Waals surface area contributed by atoms with Crippen LogP contribution in [-0.4, -0.2) is 13.0 Å². The van der Waals surface area contributed by atoms with E-state index in [0.29, 0.717) is 27.7 Å². The average molecular weight is 356 g/mol. The number of nitrogen functional groups attached to an aromatic ring is 1. The third kappa shape index (κ3) is 3.43. The van der Waals surface area contributed by atoms with Crippen molar-refractivity contribution in [1.82, 2.24) is 0 Å². The van der Waals surface area contributed by atoms with E-state index in [4.69, 9.17) is 22.1 Å². The van der Waals surface area contributed by atoms with Crippen molar-refractivity contribution in [2.75, 3.05) is 18.2 Å². The molecule has 0 bridgehead atoms. The highest BCUT2D eigenvalue weighted by atomic mass is 79.9. The van der Waals surface area contributed by atoms with Gasteiger partial charge in [-0.15, -0.1) is 0 Å². The lowest BCUT2D eigenvalue weighted by Crippen LogP contribution is -2.12. The van der Waals surface area contributed by atoms with Gasteiger partial charge in [-0.25, -0.2) is 0 Å². The molecule has 0 fully saturated rings.